The SMILES string of the molecule is CNC(=O)CN1CCC(c2ccc(F)c(F)c2)CC1. The van der Waals surface area contributed by atoms with Crippen molar-refractivity contribution in [1.82, 2.24) is 10.2 Å². The highest BCUT2D eigenvalue weighted by Gasteiger charge is 2.22. The summed E-state index contributed by atoms with van der Waals surface area (Å²) in [6.07, 6.45) is 1.73. The Labute approximate surface area is 111 Å². The van der Waals surface area contributed by atoms with Gasteiger partial charge in [0.15, 0.2) is 11.6 Å². The molecule has 3 nitrogen and oxygen atoms in total. The Bertz CT molecular complexity index is 457. The van der Waals surface area contributed by atoms with Gasteiger partial charge in [-0.1, -0.05) is 6.07 Å². The van der Waals surface area contributed by atoms with Crippen LogP contribution in [-0.4, -0.2) is 37.5 Å². The van der Waals surface area contributed by atoms with Crippen molar-refractivity contribution in [2.45, 2.75) is 18.8 Å². The lowest BCUT2D eigenvalue weighted by Gasteiger charge is -2.31. The standard InChI is InChI=1S/C14H18F2N2O/c1-17-14(19)9-18-6-4-10(5-7-18)11-2-3-12(15)13(16)8-11/h2-3,8,10H,4-7,9H2,1H3,(H,17,19). The van der Waals surface area contributed by atoms with E-state index in [1.807, 2.05) is 0 Å². The van der Waals surface area contributed by atoms with E-state index >= 15 is 0 Å². The molecule has 0 atom stereocenters. The van der Waals surface area contributed by atoms with Crippen molar-refractivity contribution in [3.63, 3.8) is 0 Å². The molecule has 0 saturated carbocycles. The molecule has 1 N–H and O–H groups in total. The summed E-state index contributed by atoms with van der Waals surface area (Å²) in [5.74, 6) is -1.34. The number of nitrogens with zero attached hydrogens (tertiary/aromatic N) is 1. The Morgan fingerprint density at radius 1 is 1.32 bits per heavy atom. The Morgan fingerprint density at radius 2 is 2.00 bits per heavy atom. The molecule has 1 heterocycles. The highest BCUT2D eigenvalue weighted by atomic mass is 19.2. The average molecular weight is 268 g/mol. The van der Waals surface area contributed by atoms with Crippen molar-refractivity contribution in [3.8, 4) is 0 Å². The third-order valence-corrected chi connectivity index (χ3v) is 3.65. The fourth-order valence-electron chi connectivity index (χ4n) is 2.47. The first-order chi connectivity index (χ1) is 9.10. The molecule has 1 aliphatic rings. The number of amides is 1. The number of likely N-dealkylation sites (N-methyl/N-ethyl adjacent to an activating group) is 1. The lowest BCUT2D eigenvalue weighted by molar-refractivity contribution is -0.122. The van der Waals surface area contributed by atoms with E-state index in [2.05, 4.69) is 10.2 Å². The lowest BCUT2D eigenvalue weighted by atomic mass is 9.89. The number of hydrogen-bond acceptors (Lipinski definition) is 2. The normalized spacial score (nSPS) is 17.4. The predicted octanol–water partition coefficient (Wildman–Crippen LogP) is 1.89. The summed E-state index contributed by atoms with van der Waals surface area (Å²) in [6.45, 7) is 2.01. The first-order valence-corrected chi connectivity index (χ1v) is 6.48. The molecule has 0 radical (unpaired) electrons. The summed E-state index contributed by atoms with van der Waals surface area (Å²) in [7, 11) is 1.62. The molecule has 19 heavy (non-hydrogen) atoms. The molecule has 104 valence electrons. The minimum absolute atomic E-state index is 0.00581. The molecule has 1 saturated heterocycles. The first kappa shape index (κ1) is 13.9. The van der Waals surface area contributed by atoms with Crippen LogP contribution in [0.3, 0.4) is 0 Å². The molecule has 0 bridgehead atoms. The minimum atomic E-state index is -0.805. The van der Waals surface area contributed by atoms with Crippen LogP contribution in [0.1, 0.15) is 24.3 Å². The average Bonchev–Trinajstić information content (AvgIpc) is 2.42. The van der Waals surface area contributed by atoms with Crippen molar-refractivity contribution in [1.29, 1.82) is 0 Å². The van der Waals surface area contributed by atoms with Crippen LogP contribution in [-0.2, 0) is 4.79 Å². The van der Waals surface area contributed by atoms with Gasteiger partial charge in [0.2, 0.25) is 5.91 Å². The van der Waals surface area contributed by atoms with Crippen molar-refractivity contribution in [2.75, 3.05) is 26.7 Å². The molecular weight excluding hydrogens is 250 g/mol. The molecule has 1 aromatic rings. The van der Waals surface area contributed by atoms with Gasteiger partial charge in [-0.15, -0.1) is 0 Å². The van der Waals surface area contributed by atoms with Crippen molar-refractivity contribution in [3.05, 3.63) is 35.4 Å². The van der Waals surface area contributed by atoms with Crippen molar-refractivity contribution in [2.24, 2.45) is 0 Å². The third kappa shape index (κ3) is 3.50. The molecule has 1 amide bonds. The number of nitrogens with one attached hydrogen (secondary N) is 1. The topological polar surface area (TPSA) is 32.3 Å². The van der Waals surface area contributed by atoms with E-state index in [-0.39, 0.29) is 11.8 Å². The van der Waals surface area contributed by atoms with Crippen LogP contribution >= 0.6 is 0 Å². The molecular formula is C14H18F2N2O. The number of carbonyl (C=O) groups is 1. The molecule has 1 aromatic carbocycles. The van der Waals surface area contributed by atoms with Crippen LogP contribution in [0.5, 0.6) is 0 Å². The number of hydrogen-bond donors (Lipinski definition) is 1. The molecule has 0 aliphatic carbocycles. The zero-order valence-corrected chi connectivity index (χ0v) is 11.0. The van der Waals surface area contributed by atoms with E-state index in [0.29, 0.717) is 6.54 Å². The summed E-state index contributed by atoms with van der Waals surface area (Å²) in [5.41, 5.74) is 0.846. The molecule has 0 spiro atoms. The lowest BCUT2D eigenvalue weighted by Crippen LogP contribution is -2.40. The number of piperidine rings is 1. The third-order valence-electron chi connectivity index (χ3n) is 3.65. The number of carbonyl (C=O) groups excluding carboxylic acids is 1. The highest BCUT2D eigenvalue weighted by molar-refractivity contribution is 5.77. The molecule has 0 aromatic heterocycles. The van der Waals surface area contributed by atoms with Crippen molar-refractivity contribution < 1.29 is 13.6 Å². The second kappa shape index (κ2) is 6.10. The Kier molecular flexibility index (Phi) is 4.47. The van der Waals surface area contributed by atoms with Crippen molar-refractivity contribution >= 4 is 5.91 Å². The van der Waals surface area contributed by atoms with Crippen LogP contribution in [0.15, 0.2) is 18.2 Å². The number of likely N-dealkylation sites (tertiary alicyclic amines) is 1. The van der Waals surface area contributed by atoms with Crippen LogP contribution in [0.4, 0.5) is 8.78 Å². The smallest absolute Gasteiger partial charge is 0.233 e. The maximum absolute atomic E-state index is 13.2. The van der Waals surface area contributed by atoms with E-state index in [1.54, 1.807) is 13.1 Å². The molecule has 1 aliphatic heterocycles. The largest absolute Gasteiger partial charge is 0.358 e. The van der Waals surface area contributed by atoms with Gasteiger partial charge < -0.3 is 5.32 Å². The Balaban J connectivity index is 1.92. The summed E-state index contributed by atoms with van der Waals surface area (Å²) in [5, 5.41) is 2.60. The molecule has 0 unspecified atom stereocenters. The van der Waals surface area contributed by atoms with E-state index in [1.165, 1.54) is 12.1 Å². The summed E-state index contributed by atoms with van der Waals surface area (Å²) >= 11 is 0. The van der Waals surface area contributed by atoms with Crippen LogP contribution in [0.2, 0.25) is 0 Å². The van der Waals surface area contributed by atoms with Gasteiger partial charge in [-0.25, -0.2) is 8.78 Å². The summed E-state index contributed by atoms with van der Waals surface area (Å²) < 4.78 is 26.1. The summed E-state index contributed by atoms with van der Waals surface area (Å²) in [6, 6.07) is 4.12. The monoisotopic (exact) mass is 268 g/mol. The Hall–Kier alpha value is -1.49. The van der Waals surface area contributed by atoms with E-state index < -0.39 is 11.6 Å². The maximum atomic E-state index is 13.2. The van der Waals surface area contributed by atoms with E-state index in [0.717, 1.165) is 31.5 Å². The van der Waals surface area contributed by atoms with Gasteiger partial charge in [0.1, 0.15) is 0 Å². The molecule has 1 fully saturated rings. The van der Waals surface area contributed by atoms with Crippen LogP contribution in [0.25, 0.3) is 0 Å². The van der Waals surface area contributed by atoms with Gasteiger partial charge in [-0.2, -0.15) is 0 Å². The minimum Gasteiger partial charge on any atom is -0.358 e. The fourth-order valence-corrected chi connectivity index (χ4v) is 2.47. The highest BCUT2D eigenvalue weighted by Crippen LogP contribution is 2.28. The molecule has 5 heteroatoms. The zero-order chi connectivity index (χ0) is 13.8. The van der Waals surface area contributed by atoms with Crippen LogP contribution < -0.4 is 5.32 Å². The number of benzene rings is 1. The van der Waals surface area contributed by atoms with Crippen LogP contribution in [0, 0.1) is 11.6 Å². The van der Waals surface area contributed by atoms with Gasteiger partial charge in [0.05, 0.1) is 6.54 Å². The first-order valence-electron chi connectivity index (χ1n) is 6.48. The second-order valence-electron chi connectivity index (χ2n) is 4.90. The van der Waals surface area contributed by atoms with E-state index in [4.69, 9.17) is 0 Å². The van der Waals surface area contributed by atoms with Gasteiger partial charge in [0.25, 0.3) is 0 Å². The second-order valence-corrected chi connectivity index (χ2v) is 4.90. The zero-order valence-electron chi connectivity index (χ0n) is 11.0. The van der Waals surface area contributed by atoms with E-state index in [9.17, 15) is 13.6 Å². The quantitative estimate of drug-likeness (QED) is 0.908. The number of halogens is 2. The summed E-state index contributed by atoms with van der Waals surface area (Å²) in [4.78, 5) is 13.3. The number of rotatable bonds is 3. The van der Waals surface area contributed by atoms with Gasteiger partial charge in [-0.3, -0.25) is 9.69 Å². The maximum Gasteiger partial charge on any atom is 0.233 e. The van der Waals surface area contributed by atoms with Gasteiger partial charge in [-0.05, 0) is 49.5 Å². The molecule has 2 rings (SSSR count). The fraction of sp³-hybridized carbons (Fsp3) is 0.500. The Morgan fingerprint density at radius 3 is 2.58 bits per heavy atom. The van der Waals surface area contributed by atoms with Gasteiger partial charge >= 0.3 is 0 Å². The van der Waals surface area contributed by atoms with Gasteiger partial charge in [0, 0.05) is 7.05 Å². The predicted molar refractivity (Wildman–Crippen MR) is 68.8 cm³/mol.